The van der Waals surface area contributed by atoms with Crippen molar-refractivity contribution in [3.63, 3.8) is 0 Å². The number of nitrogens with zero attached hydrogens (tertiary/aromatic N) is 4. The molecule has 0 saturated carbocycles. The molecule has 0 unspecified atom stereocenters. The van der Waals surface area contributed by atoms with Crippen LogP contribution in [-0.2, 0) is 0 Å². The van der Waals surface area contributed by atoms with Gasteiger partial charge in [-0.2, -0.15) is 9.97 Å². The van der Waals surface area contributed by atoms with Crippen LogP contribution in [0.4, 0.5) is 5.69 Å². The maximum Gasteiger partial charge on any atom is 0.335 e. The first-order valence-electron chi connectivity index (χ1n) is 14.4. The van der Waals surface area contributed by atoms with Crippen molar-refractivity contribution in [2.45, 2.75) is 0 Å². The van der Waals surface area contributed by atoms with Crippen LogP contribution in [0.2, 0.25) is 0 Å². The topological polar surface area (TPSA) is 172 Å². The molecular formula is C35H27N5O8. The summed E-state index contributed by atoms with van der Waals surface area (Å²) in [5.74, 6) is 0.814. The fourth-order valence-electron chi connectivity index (χ4n) is 4.72. The second-order valence-corrected chi connectivity index (χ2v) is 10.0. The van der Waals surface area contributed by atoms with E-state index in [9.17, 15) is 9.59 Å². The van der Waals surface area contributed by atoms with Crippen molar-refractivity contribution in [1.82, 2.24) is 19.9 Å². The molecule has 0 aliphatic rings. The molecular weight excluding hydrogens is 618 g/mol. The molecule has 7 rings (SSSR count). The molecule has 0 fully saturated rings. The lowest BCUT2D eigenvalue weighted by atomic mass is 10.1. The van der Waals surface area contributed by atoms with Gasteiger partial charge in [0, 0.05) is 46.9 Å². The number of amides is 1. The smallest absolute Gasteiger partial charge is 0.335 e. The van der Waals surface area contributed by atoms with E-state index in [0.29, 0.717) is 73.9 Å². The van der Waals surface area contributed by atoms with Crippen molar-refractivity contribution in [2.75, 3.05) is 26.6 Å². The van der Waals surface area contributed by atoms with Crippen LogP contribution in [-0.4, -0.2) is 58.2 Å². The molecule has 0 saturated heterocycles. The molecule has 4 aromatic heterocycles. The number of carboxylic acid groups (broad SMARTS) is 1. The summed E-state index contributed by atoms with van der Waals surface area (Å²) < 4.78 is 27.2. The lowest BCUT2D eigenvalue weighted by molar-refractivity contribution is 0.0696. The number of aromatic nitrogens is 4. The summed E-state index contributed by atoms with van der Waals surface area (Å²) in [6.07, 6.45) is 3.28. The summed E-state index contributed by atoms with van der Waals surface area (Å²) in [4.78, 5) is 40.6. The third-order valence-electron chi connectivity index (χ3n) is 6.98. The quantitative estimate of drug-likeness (QED) is 0.178. The number of hydrogen-bond acceptors (Lipinski definition) is 11. The normalized spacial score (nSPS) is 10.6. The van der Waals surface area contributed by atoms with E-state index in [2.05, 4.69) is 25.3 Å². The lowest BCUT2D eigenvalue weighted by Crippen LogP contribution is -2.12. The molecule has 7 aromatic rings. The van der Waals surface area contributed by atoms with Gasteiger partial charge in [0.05, 0.1) is 26.9 Å². The number of benzene rings is 3. The van der Waals surface area contributed by atoms with Gasteiger partial charge in [0.25, 0.3) is 5.91 Å². The van der Waals surface area contributed by atoms with Crippen molar-refractivity contribution in [2.24, 2.45) is 0 Å². The Morgan fingerprint density at radius 2 is 1.19 bits per heavy atom. The van der Waals surface area contributed by atoms with E-state index in [0.717, 1.165) is 0 Å². The standard InChI is InChI=1S/C22H19N3O5.C13H8N2O3/c1-27-17-11-15(12-18(28-2)19(17)29-3)24-21(26)13-6-4-7-14(10-13)22-25-20-16(30-22)8-5-9-23-20;16-13(17)9-4-1-3-8(7-9)12-15-11-10(18-12)5-2-6-14-11/h4-12H,1-3H3,(H,24,26);1-7H,(H,16,17). The number of pyridine rings is 2. The Balaban J connectivity index is 0.000000189. The number of anilines is 1. The SMILES string of the molecule is COc1cc(NC(=O)c2cccc(-c3nc4ncccc4o3)c2)cc(OC)c1OC.O=C(O)c1cccc(-c2nc3ncccc3o2)c1. The van der Waals surface area contributed by atoms with Crippen molar-refractivity contribution in [1.29, 1.82) is 0 Å². The molecule has 13 heteroatoms. The van der Waals surface area contributed by atoms with Gasteiger partial charge in [0.2, 0.25) is 17.5 Å². The fraction of sp³-hybridized carbons (Fsp3) is 0.0857. The number of carboxylic acids is 1. The van der Waals surface area contributed by atoms with Crippen LogP contribution >= 0.6 is 0 Å². The van der Waals surface area contributed by atoms with E-state index in [1.807, 2.05) is 6.07 Å². The molecule has 0 aliphatic heterocycles. The fourth-order valence-corrected chi connectivity index (χ4v) is 4.72. The molecule has 0 atom stereocenters. The van der Waals surface area contributed by atoms with E-state index >= 15 is 0 Å². The maximum atomic E-state index is 12.8. The first-order valence-corrected chi connectivity index (χ1v) is 14.4. The number of aromatic carboxylic acids is 1. The Hall–Kier alpha value is -6.76. The Kier molecular flexibility index (Phi) is 8.92. The summed E-state index contributed by atoms with van der Waals surface area (Å²) in [6.45, 7) is 0. The molecule has 0 spiro atoms. The number of fused-ring (bicyclic) bond motifs is 2. The monoisotopic (exact) mass is 645 g/mol. The van der Waals surface area contributed by atoms with Gasteiger partial charge >= 0.3 is 5.97 Å². The minimum Gasteiger partial charge on any atom is -0.493 e. The number of nitrogens with one attached hydrogen (secondary N) is 1. The Labute approximate surface area is 272 Å². The van der Waals surface area contributed by atoms with Crippen LogP contribution in [0.25, 0.3) is 45.4 Å². The van der Waals surface area contributed by atoms with Crippen LogP contribution in [0, 0.1) is 0 Å². The summed E-state index contributed by atoms with van der Waals surface area (Å²) in [6, 6.07) is 23.9. The lowest BCUT2D eigenvalue weighted by Gasteiger charge is -2.14. The molecule has 0 radical (unpaired) electrons. The van der Waals surface area contributed by atoms with Gasteiger partial charge in [-0.15, -0.1) is 0 Å². The van der Waals surface area contributed by atoms with E-state index in [1.165, 1.54) is 33.5 Å². The highest BCUT2D eigenvalue weighted by Crippen LogP contribution is 2.40. The molecule has 0 aliphatic carbocycles. The summed E-state index contributed by atoms with van der Waals surface area (Å²) in [5, 5.41) is 11.8. The highest BCUT2D eigenvalue weighted by molar-refractivity contribution is 6.05. The van der Waals surface area contributed by atoms with Crippen LogP contribution < -0.4 is 19.5 Å². The highest BCUT2D eigenvalue weighted by atomic mass is 16.5. The van der Waals surface area contributed by atoms with Crippen molar-refractivity contribution >= 4 is 40.0 Å². The first-order chi connectivity index (χ1) is 23.4. The molecule has 2 N–H and O–H groups in total. The minimum absolute atomic E-state index is 0.197. The number of hydrogen-bond donors (Lipinski definition) is 2. The minimum atomic E-state index is -0.980. The second kappa shape index (κ2) is 13.7. The molecule has 13 nitrogen and oxygen atoms in total. The third kappa shape index (κ3) is 6.60. The number of oxazole rings is 2. The Bertz CT molecular complexity index is 2170. The van der Waals surface area contributed by atoms with Gasteiger partial charge in [0.1, 0.15) is 0 Å². The largest absolute Gasteiger partial charge is 0.493 e. The molecule has 0 bridgehead atoms. The second-order valence-electron chi connectivity index (χ2n) is 10.0. The average Bonchev–Trinajstić information content (AvgIpc) is 3.77. The highest BCUT2D eigenvalue weighted by Gasteiger charge is 2.17. The maximum absolute atomic E-state index is 12.8. The van der Waals surface area contributed by atoms with Gasteiger partial charge in [0.15, 0.2) is 34.0 Å². The van der Waals surface area contributed by atoms with E-state index in [4.69, 9.17) is 28.2 Å². The number of ether oxygens (including phenoxy) is 3. The predicted molar refractivity (Wildman–Crippen MR) is 175 cm³/mol. The van der Waals surface area contributed by atoms with Gasteiger partial charge in [-0.05, 0) is 60.7 Å². The average molecular weight is 646 g/mol. The number of carbonyl (C=O) groups excluding carboxylic acids is 1. The number of carbonyl (C=O) groups is 2. The summed E-state index contributed by atoms with van der Waals surface area (Å²) in [5.41, 5.74) is 4.62. The zero-order valence-electron chi connectivity index (χ0n) is 25.8. The van der Waals surface area contributed by atoms with Crippen molar-refractivity contribution in [3.05, 3.63) is 108 Å². The number of rotatable bonds is 8. The molecule has 48 heavy (non-hydrogen) atoms. The molecule has 1 amide bonds. The zero-order valence-corrected chi connectivity index (χ0v) is 25.8. The Morgan fingerprint density at radius 3 is 1.67 bits per heavy atom. The van der Waals surface area contributed by atoms with Gasteiger partial charge in [-0.3, -0.25) is 4.79 Å². The summed E-state index contributed by atoms with van der Waals surface area (Å²) >= 11 is 0. The van der Waals surface area contributed by atoms with E-state index in [1.54, 1.807) is 79.1 Å². The molecule has 3 aromatic carbocycles. The predicted octanol–water partition coefficient (Wildman–Crippen LogP) is 6.76. The van der Waals surface area contributed by atoms with Crippen molar-refractivity contribution < 1.29 is 37.7 Å². The van der Waals surface area contributed by atoms with Crippen LogP contribution in [0.15, 0.2) is 106 Å². The van der Waals surface area contributed by atoms with Gasteiger partial charge in [-0.25, -0.2) is 14.8 Å². The molecule has 240 valence electrons. The third-order valence-corrected chi connectivity index (χ3v) is 6.98. The van der Waals surface area contributed by atoms with Crippen LogP contribution in [0.1, 0.15) is 20.7 Å². The van der Waals surface area contributed by atoms with Crippen LogP contribution in [0.5, 0.6) is 17.2 Å². The van der Waals surface area contributed by atoms with Gasteiger partial charge in [-0.1, -0.05) is 12.1 Å². The molecule has 4 heterocycles. The summed E-state index contributed by atoms with van der Waals surface area (Å²) in [7, 11) is 4.55. The van der Waals surface area contributed by atoms with Crippen molar-refractivity contribution in [3.8, 4) is 40.2 Å². The van der Waals surface area contributed by atoms with E-state index < -0.39 is 5.97 Å². The zero-order chi connectivity index (χ0) is 33.6. The van der Waals surface area contributed by atoms with E-state index in [-0.39, 0.29) is 11.5 Å². The Morgan fingerprint density at radius 1 is 0.667 bits per heavy atom. The van der Waals surface area contributed by atoms with Crippen LogP contribution in [0.3, 0.4) is 0 Å². The first kappa shape index (κ1) is 31.2. The van der Waals surface area contributed by atoms with Gasteiger partial charge < -0.3 is 33.5 Å². The number of methoxy groups -OCH3 is 3.